The zero-order chi connectivity index (χ0) is 13.2. The van der Waals surface area contributed by atoms with E-state index >= 15 is 0 Å². The summed E-state index contributed by atoms with van der Waals surface area (Å²) in [6, 6.07) is 18.8. The molecule has 0 saturated carbocycles. The zero-order valence-electron chi connectivity index (χ0n) is 10.3. The molecule has 1 N–H and O–H groups in total. The highest BCUT2D eigenvalue weighted by Crippen LogP contribution is 2.17. The van der Waals surface area contributed by atoms with Gasteiger partial charge in [0.15, 0.2) is 5.75 Å². The van der Waals surface area contributed by atoms with Crippen molar-refractivity contribution in [1.29, 1.82) is 0 Å². The number of aromatic nitrogens is 1. The molecule has 1 aromatic heterocycles. The maximum absolute atomic E-state index is 12.1. The first-order chi connectivity index (χ1) is 9.25. The van der Waals surface area contributed by atoms with Gasteiger partial charge in [-0.1, -0.05) is 48.5 Å². The van der Waals surface area contributed by atoms with Gasteiger partial charge in [0.2, 0.25) is 0 Å². The summed E-state index contributed by atoms with van der Waals surface area (Å²) in [7, 11) is 0. The van der Waals surface area contributed by atoms with Crippen LogP contribution in [0.25, 0.3) is 10.9 Å². The smallest absolute Gasteiger partial charge is 0.293 e. The fourth-order valence-electron chi connectivity index (χ4n) is 2.24. The van der Waals surface area contributed by atoms with Crippen molar-refractivity contribution in [3.63, 3.8) is 0 Å². The van der Waals surface area contributed by atoms with Crippen LogP contribution in [0.5, 0.6) is 5.75 Å². The van der Waals surface area contributed by atoms with Gasteiger partial charge < -0.3 is 9.67 Å². The van der Waals surface area contributed by atoms with Crippen molar-refractivity contribution in [3.8, 4) is 5.75 Å². The van der Waals surface area contributed by atoms with Crippen LogP contribution >= 0.6 is 0 Å². The Balaban J connectivity index is 2.22. The number of benzene rings is 2. The second-order valence-corrected chi connectivity index (χ2v) is 4.47. The molecule has 0 spiro atoms. The molecule has 0 saturated heterocycles. The third-order valence-electron chi connectivity index (χ3n) is 3.17. The standard InChI is InChI=1S/C16H13NO2/c18-15-10-13-8-4-5-9-14(13)17(16(15)19)11-12-6-2-1-3-7-12/h1-10,18H,11H2. The molecule has 1 heterocycles. The molecule has 0 aliphatic heterocycles. The van der Waals surface area contributed by atoms with E-state index in [1.54, 1.807) is 4.57 Å². The molecular formula is C16H13NO2. The van der Waals surface area contributed by atoms with E-state index in [0.29, 0.717) is 6.54 Å². The Bertz CT molecular complexity index is 776. The minimum atomic E-state index is -0.359. The molecular weight excluding hydrogens is 238 g/mol. The summed E-state index contributed by atoms with van der Waals surface area (Å²) < 4.78 is 1.60. The number of aromatic hydroxyl groups is 1. The SMILES string of the molecule is O=c1c(O)cc2ccccc2n1Cc1ccccc1. The highest BCUT2D eigenvalue weighted by atomic mass is 16.3. The average Bonchev–Trinajstić information content (AvgIpc) is 2.45. The molecule has 0 atom stereocenters. The largest absolute Gasteiger partial charge is 0.503 e. The Hall–Kier alpha value is -2.55. The molecule has 3 rings (SSSR count). The van der Waals surface area contributed by atoms with Gasteiger partial charge >= 0.3 is 0 Å². The minimum Gasteiger partial charge on any atom is -0.503 e. The lowest BCUT2D eigenvalue weighted by Gasteiger charge is -2.11. The zero-order valence-corrected chi connectivity index (χ0v) is 10.3. The highest BCUT2D eigenvalue weighted by Gasteiger charge is 2.08. The summed E-state index contributed by atoms with van der Waals surface area (Å²) >= 11 is 0. The van der Waals surface area contributed by atoms with E-state index in [9.17, 15) is 9.90 Å². The van der Waals surface area contributed by atoms with E-state index in [1.165, 1.54) is 6.07 Å². The maximum Gasteiger partial charge on any atom is 0.293 e. The number of hydrogen-bond acceptors (Lipinski definition) is 2. The Morgan fingerprint density at radius 3 is 2.42 bits per heavy atom. The molecule has 0 bridgehead atoms. The van der Waals surface area contributed by atoms with E-state index in [-0.39, 0.29) is 11.3 Å². The molecule has 0 unspecified atom stereocenters. The lowest BCUT2D eigenvalue weighted by atomic mass is 10.1. The molecule has 19 heavy (non-hydrogen) atoms. The van der Waals surface area contributed by atoms with Crippen molar-refractivity contribution in [2.75, 3.05) is 0 Å². The fourth-order valence-corrected chi connectivity index (χ4v) is 2.24. The van der Waals surface area contributed by atoms with Crippen LogP contribution in [0.1, 0.15) is 5.56 Å². The summed E-state index contributed by atoms with van der Waals surface area (Å²) in [5.74, 6) is -0.213. The normalized spacial score (nSPS) is 10.7. The first-order valence-electron chi connectivity index (χ1n) is 6.11. The quantitative estimate of drug-likeness (QED) is 0.761. The van der Waals surface area contributed by atoms with Crippen LogP contribution in [0.2, 0.25) is 0 Å². The van der Waals surface area contributed by atoms with Gasteiger partial charge in [-0.25, -0.2) is 0 Å². The van der Waals surface area contributed by atoms with Crippen LogP contribution in [-0.2, 0) is 6.54 Å². The molecule has 0 amide bonds. The van der Waals surface area contributed by atoms with E-state index in [1.807, 2.05) is 54.6 Å². The number of para-hydroxylation sites is 1. The van der Waals surface area contributed by atoms with Crippen molar-refractivity contribution in [2.45, 2.75) is 6.54 Å². The van der Waals surface area contributed by atoms with Gasteiger partial charge in [-0.2, -0.15) is 0 Å². The van der Waals surface area contributed by atoms with Gasteiger partial charge in [-0.15, -0.1) is 0 Å². The van der Waals surface area contributed by atoms with Crippen LogP contribution < -0.4 is 5.56 Å². The summed E-state index contributed by atoms with van der Waals surface area (Å²) in [6.45, 7) is 0.453. The molecule has 0 fully saturated rings. The maximum atomic E-state index is 12.1. The van der Waals surface area contributed by atoms with Gasteiger partial charge in [0.05, 0.1) is 12.1 Å². The van der Waals surface area contributed by atoms with Crippen LogP contribution in [-0.4, -0.2) is 9.67 Å². The monoisotopic (exact) mass is 251 g/mol. The van der Waals surface area contributed by atoms with E-state index < -0.39 is 0 Å². The number of pyridine rings is 1. The Kier molecular flexibility index (Phi) is 2.80. The fraction of sp³-hybridized carbons (Fsp3) is 0.0625. The van der Waals surface area contributed by atoms with Gasteiger partial charge in [-0.05, 0) is 17.7 Å². The summed E-state index contributed by atoms with van der Waals surface area (Å²) in [6.07, 6.45) is 0. The number of nitrogens with zero attached hydrogens (tertiary/aromatic N) is 1. The van der Waals surface area contributed by atoms with Gasteiger partial charge in [-0.3, -0.25) is 4.79 Å². The summed E-state index contributed by atoms with van der Waals surface area (Å²) in [5.41, 5.74) is 1.50. The molecule has 3 aromatic rings. The van der Waals surface area contributed by atoms with Crippen molar-refractivity contribution in [3.05, 3.63) is 76.6 Å². The second-order valence-electron chi connectivity index (χ2n) is 4.47. The third-order valence-corrected chi connectivity index (χ3v) is 3.17. The van der Waals surface area contributed by atoms with E-state index in [2.05, 4.69) is 0 Å². The van der Waals surface area contributed by atoms with Crippen molar-refractivity contribution in [2.24, 2.45) is 0 Å². The highest BCUT2D eigenvalue weighted by molar-refractivity contribution is 5.80. The molecule has 0 radical (unpaired) electrons. The summed E-state index contributed by atoms with van der Waals surface area (Å²) in [4.78, 5) is 12.1. The first-order valence-corrected chi connectivity index (χ1v) is 6.11. The van der Waals surface area contributed by atoms with Gasteiger partial charge in [0.1, 0.15) is 0 Å². The predicted molar refractivity (Wildman–Crippen MR) is 75.4 cm³/mol. The summed E-state index contributed by atoms with van der Waals surface area (Å²) in [5, 5.41) is 10.6. The molecule has 2 aromatic carbocycles. The van der Waals surface area contributed by atoms with Crippen molar-refractivity contribution >= 4 is 10.9 Å². The third kappa shape index (κ3) is 2.10. The Morgan fingerprint density at radius 1 is 0.947 bits per heavy atom. The Morgan fingerprint density at radius 2 is 1.63 bits per heavy atom. The molecule has 3 heteroatoms. The number of fused-ring (bicyclic) bond motifs is 1. The van der Waals surface area contributed by atoms with Gasteiger partial charge in [0, 0.05) is 5.39 Å². The molecule has 0 aliphatic rings. The van der Waals surface area contributed by atoms with Crippen LogP contribution in [0.4, 0.5) is 0 Å². The van der Waals surface area contributed by atoms with Crippen LogP contribution in [0, 0.1) is 0 Å². The Labute approximate surface area is 110 Å². The van der Waals surface area contributed by atoms with E-state index in [4.69, 9.17) is 0 Å². The topological polar surface area (TPSA) is 42.2 Å². The van der Waals surface area contributed by atoms with Gasteiger partial charge in [0.25, 0.3) is 5.56 Å². The van der Waals surface area contributed by atoms with Crippen LogP contribution in [0.3, 0.4) is 0 Å². The lowest BCUT2D eigenvalue weighted by Crippen LogP contribution is -2.20. The first kappa shape index (κ1) is 11.5. The number of rotatable bonds is 2. The van der Waals surface area contributed by atoms with E-state index in [0.717, 1.165) is 16.5 Å². The number of hydrogen-bond donors (Lipinski definition) is 1. The van der Waals surface area contributed by atoms with Crippen molar-refractivity contribution < 1.29 is 5.11 Å². The van der Waals surface area contributed by atoms with Crippen molar-refractivity contribution in [1.82, 2.24) is 4.57 Å². The predicted octanol–water partition coefficient (Wildman–Crippen LogP) is 2.76. The molecule has 94 valence electrons. The average molecular weight is 251 g/mol. The molecule has 3 nitrogen and oxygen atoms in total. The molecule has 0 aliphatic carbocycles. The minimum absolute atomic E-state index is 0.213. The second kappa shape index (κ2) is 4.61. The lowest BCUT2D eigenvalue weighted by molar-refractivity contribution is 0.462. The van der Waals surface area contributed by atoms with Crippen LogP contribution in [0.15, 0.2) is 65.5 Å².